The first-order valence-corrected chi connectivity index (χ1v) is 22.8. The average molecular weight is 510 g/mol. The van der Waals surface area contributed by atoms with Gasteiger partial charge in [-0.1, -0.05) is 6.58 Å². The molecule has 0 aromatic rings. The van der Waals surface area contributed by atoms with Gasteiger partial charge in [0.05, 0.1) is 13.2 Å². The van der Waals surface area contributed by atoms with E-state index >= 15 is 0 Å². The minimum absolute atomic E-state index is 0.0645. The predicted molar refractivity (Wildman–Crippen MR) is 134 cm³/mol. The predicted octanol–water partition coefficient (Wildman–Crippen LogP) is 4.72. The van der Waals surface area contributed by atoms with E-state index in [1.54, 1.807) is 6.92 Å². The summed E-state index contributed by atoms with van der Waals surface area (Å²) in [5.41, 5.74) is 0.317. The highest BCUT2D eigenvalue weighted by Crippen LogP contribution is 2.29. The van der Waals surface area contributed by atoms with Crippen molar-refractivity contribution in [3.8, 4) is 0 Å². The lowest BCUT2D eigenvalue weighted by Crippen LogP contribution is -2.60. The van der Waals surface area contributed by atoms with E-state index in [1.807, 2.05) is 0 Å². The summed E-state index contributed by atoms with van der Waals surface area (Å²) in [6.45, 7) is 24.8. The van der Waals surface area contributed by atoms with Crippen LogP contribution in [0.4, 0.5) is 4.79 Å². The average Bonchev–Trinajstić information content (AvgIpc) is 2.50. The second kappa shape index (κ2) is 12.5. The number of ether oxygens (including phenoxy) is 2. The summed E-state index contributed by atoms with van der Waals surface area (Å²) in [6.07, 6.45) is 0.0333. The van der Waals surface area contributed by atoms with Crippen LogP contribution in [-0.4, -0.2) is 65.6 Å². The van der Waals surface area contributed by atoms with E-state index in [0.717, 1.165) is 0 Å². The second-order valence-corrected chi connectivity index (χ2v) is 27.4. The van der Waals surface area contributed by atoms with E-state index in [0.29, 0.717) is 18.0 Å². The molecule has 0 aromatic carbocycles. The number of carbonyl (C=O) groups is 2. The van der Waals surface area contributed by atoms with Gasteiger partial charge >= 0.3 is 20.9 Å². The lowest BCUT2D eigenvalue weighted by molar-refractivity contribution is -0.138. The molecule has 12 heteroatoms. The quantitative estimate of drug-likeness (QED) is 0.157. The molecular weight excluding hydrogens is 467 g/mol. The molecule has 0 atom stereocenters. The molecular formula is C19H43NO7Si4. The van der Waals surface area contributed by atoms with Gasteiger partial charge in [0.1, 0.15) is 6.61 Å². The highest BCUT2D eigenvalue weighted by atomic mass is 28.5. The number of carbonyl (C=O) groups excluding carboxylic acids is 2. The first kappa shape index (κ1) is 30.2. The fraction of sp³-hybridized carbons (Fsp3) is 0.789. The van der Waals surface area contributed by atoms with Gasteiger partial charge in [-0.15, -0.1) is 0 Å². The van der Waals surface area contributed by atoms with Crippen molar-refractivity contribution in [2.24, 2.45) is 0 Å². The van der Waals surface area contributed by atoms with E-state index in [2.05, 4.69) is 70.8 Å². The number of alkyl carbamates (subject to hydrolysis) is 1. The molecule has 182 valence electrons. The van der Waals surface area contributed by atoms with Crippen molar-refractivity contribution in [1.29, 1.82) is 0 Å². The number of amides is 1. The summed E-state index contributed by atoms with van der Waals surface area (Å²) in [4.78, 5) is 23.2. The Balaban J connectivity index is 4.82. The lowest BCUT2D eigenvalue weighted by Gasteiger charge is -2.42. The van der Waals surface area contributed by atoms with Crippen LogP contribution in [-0.2, 0) is 26.6 Å². The Morgan fingerprint density at radius 2 is 1.23 bits per heavy atom. The van der Waals surface area contributed by atoms with Crippen molar-refractivity contribution >= 4 is 45.8 Å². The molecule has 0 aliphatic rings. The molecule has 0 saturated heterocycles. The van der Waals surface area contributed by atoms with Crippen LogP contribution in [0.5, 0.6) is 0 Å². The van der Waals surface area contributed by atoms with Crippen molar-refractivity contribution in [1.82, 2.24) is 5.32 Å². The van der Waals surface area contributed by atoms with Gasteiger partial charge in [0, 0.05) is 11.6 Å². The maximum atomic E-state index is 11.9. The van der Waals surface area contributed by atoms with Gasteiger partial charge in [0.25, 0.3) is 0 Å². The van der Waals surface area contributed by atoms with E-state index in [1.165, 1.54) is 0 Å². The molecule has 0 unspecified atom stereocenters. The molecule has 1 N–H and O–H groups in total. The number of nitrogens with one attached hydrogen (secondary N) is 1. The van der Waals surface area contributed by atoms with Crippen molar-refractivity contribution in [3.05, 3.63) is 12.2 Å². The normalized spacial score (nSPS) is 13.0. The van der Waals surface area contributed by atoms with Crippen LogP contribution in [0.1, 0.15) is 13.3 Å². The van der Waals surface area contributed by atoms with Gasteiger partial charge in [-0.25, -0.2) is 9.59 Å². The molecule has 0 aliphatic heterocycles. The summed E-state index contributed by atoms with van der Waals surface area (Å²) >= 11 is 0. The number of esters is 1. The van der Waals surface area contributed by atoms with Crippen LogP contribution >= 0.6 is 0 Å². The second-order valence-electron chi connectivity index (χ2n) is 10.4. The third-order valence-corrected chi connectivity index (χ3v) is 15.2. The Kier molecular flexibility index (Phi) is 12.2. The molecule has 0 spiro atoms. The lowest BCUT2D eigenvalue weighted by atomic mass is 10.4. The largest absolute Gasteiger partial charge is 0.469 e. The zero-order valence-electron chi connectivity index (χ0n) is 21.1. The smallest absolute Gasteiger partial charge is 0.460 e. The molecule has 0 radical (unpaired) electrons. The number of hydrogen-bond donors (Lipinski definition) is 1. The van der Waals surface area contributed by atoms with Gasteiger partial charge in [-0.2, -0.15) is 0 Å². The minimum Gasteiger partial charge on any atom is -0.460 e. The van der Waals surface area contributed by atoms with Crippen LogP contribution in [0.25, 0.3) is 0 Å². The molecule has 0 bridgehead atoms. The molecule has 0 rings (SSSR count). The van der Waals surface area contributed by atoms with Crippen molar-refractivity contribution in [3.63, 3.8) is 0 Å². The molecule has 0 aliphatic carbocycles. The summed E-state index contributed by atoms with van der Waals surface area (Å²) in [7, 11) is -8.70. The first-order valence-electron chi connectivity index (χ1n) is 10.7. The van der Waals surface area contributed by atoms with E-state index in [-0.39, 0.29) is 19.8 Å². The zero-order valence-corrected chi connectivity index (χ0v) is 25.1. The summed E-state index contributed by atoms with van der Waals surface area (Å²) in [6, 6.07) is 0.606. The highest BCUT2D eigenvalue weighted by Gasteiger charge is 2.49. The van der Waals surface area contributed by atoms with Gasteiger partial charge in [0.15, 0.2) is 25.0 Å². The third-order valence-electron chi connectivity index (χ3n) is 3.20. The molecule has 8 nitrogen and oxygen atoms in total. The standard InChI is InChI=1S/C19H43NO7Si4/c1-17(2)18(21)23-15-13-20-19(22)24-14-12-16-31(25-28(3,4)5,26-29(6,7)8)27-30(9,10)11/h1,12-16H2,2-11H3,(H,20,22). The van der Waals surface area contributed by atoms with Crippen LogP contribution in [0.2, 0.25) is 65.0 Å². The third kappa shape index (κ3) is 16.5. The fourth-order valence-electron chi connectivity index (χ4n) is 2.54. The van der Waals surface area contributed by atoms with E-state index in [4.69, 9.17) is 21.8 Å². The molecule has 0 saturated carbocycles. The Bertz CT molecular complexity index is 569. The first-order chi connectivity index (χ1) is 13.8. The maximum absolute atomic E-state index is 11.9. The van der Waals surface area contributed by atoms with Crippen molar-refractivity contribution in [2.75, 3.05) is 19.8 Å². The van der Waals surface area contributed by atoms with E-state index in [9.17, 15) is 9.59 Å². The highest BCUT2D eigenvalue weighted by molar-refractivity contribution is 6.90. The Hall–Kier alpha value is -0.772. The molecule has 31 heavy (non-hydrogen) atoms. The summed E-state index contributed by atoms with van der Waals surface area (Å²) in [5.74, 6) is -0.483. The number of hydrogen-bond acceptors (Lipinski definition) is 7. The Morgan fingerprint density at radius 1 is 0.774 bits per heavy atom. The van der Waals surface area contributed by atoms with Gasteiger partial charge in [-0.05, 0) is 72.3 Å². The van der Waals surface area contributed by atoms with Crippen LogP contribution in [0, 0.1) is 0 Å². The van der Waals surface area contributed by atoms with Crippen LogP contribution in [0.3, 0.4) is 0 Å². The molecule has 0 fully saturated rings. The maximum Gasteiger partial charge on any atom is 0.469 e. The minimum atomic E-state index is -2.92. The van der Waals surface area contributed by atoms with Gasteiger partial charge in [0.2, 0.25) is 0 Å². The molecule has 1 amide bonds. The zero-order chi connectivity index (χ0) is 24.5. The van der Waals surface area contributed by atoms with Crippen molar-refractivity contribution < 1.29 is 31.4 Å². The Labute approximate surface area is 192 Å². The van der Waals surface area contributed by atoms with Crippen LogP contribution in [0.15, 0.2) is 12.2 Å². The summed E-state index contributed by atoms with van der Waals surface area (Å²) < 4.78 is 30.0. The van der Waals surface area contributed by atoms with Crippen LogP contribution < -0.4 is 5.32 Å². The number of rotatable bonds is 14. The van der Waals surface area contributed by atoms with Gasteiger partial charge < -0.3 is 27.1 Å². The topological polar surface area (TPSA) is 92.3 Å². The van der Waals surface area contributed by atoms with Crippen molar-refractivity contribution in [2.45, 2.75) is 78.3 Å². The molecule has 0 aromatic heterocycles. The SMILES string of the molecule is C=C(C)C(=O)OCCNC(=O)OCCC[Si](O[Si](C)(C)C)(O[Si](C)(C)C)O[Si](C)(C)C. The monoisotopic (exact) mass is 509 g/mol. The Morgan fingerprint density at radius 3 is 1.61 bits per heavy atom. The summed E-state index contributed by atoms with van der Waals surface area (Å²) in [5, 5.41) is 2.56. The molecule has 0 heterocycles. The van der Waals surface area contributed by atoms with E-state index < -0.39 is 45.8 Å². The van der Waals surface area contributed by atoms with Gasteiger partial charge in [-0.3, -0.25) is 0 Å². The fourth-order valence-corrected chi connectivity index (χ4v) is 17.2.